The highest BCUT2D eigenvalue weighted by Crippen LogP contribution is 2.28. The van der Waals surface area contributed by atoms with Gasteiger partial charge in [0.15, 0.2) is 0 Å². The number of likely N-dealkylation sites (tertiary alicyclic amines) is 1. The first kappa shape index (κ1) is 19.6. The molecule has 2 heterocycles. The minimum atomic E-state index is -0.0183. The number of aryl methyl sites for hydroxylation is 1. The van der Waals surface area contributed by atoms with E-state index in [0.29, 0.717) is 29.6 Å². The van der Waals surface area contributed by atoms with Crippen LogP contribution >= 0.6 is 11.6 Å². The second-order valence-corrected chi connectivity index (χ2v) is 8.26. The van der Waals surface area contributed by atoms with E-state index in [-0.39, 0.29) is 18.4 Å². The van der Waals surface area contributed by atoms with Gasteiger partial charge in [-0.1, -0.05) is 23.2 Å². The maximum Gasteiger partial charge on any atom is 0.255 e. The number of rotatable bonds is 4. The maximum absolute atomic E-state index is 13.0. The van der Waals surface area contributed by atoms with Gasteiger partial charge in [0, 0.05) is 45.2 Å². The van der Waals surface area contributed by atoms with Crippen molar-refractivity contribution in [3.63, 3.8) is 0 Å². The lowest BCUT2D eigenvalue weighted by Gasteiger charge is -2.26. The van der Waals surface area contributed by atoms with Gasteiger partial charge in [0.1, 0.15) is 0 Å². The summed E-state index contributed by atoms with van der Waals surface area (Å²) in [6.45, 7) is 8.72. The fraction of sp³-hybridized carbons (Fsp3) is 0.650. The lowest BCUT2D eigenvalue weighted by Crippen LogP contribution is -2.36. The zero-order valence-electron chi connectivity index (χ0n) is 15.8. The Kier molecular flexibility index (Phi) is 6.56. The number of aliphatic hydroxyl groups is 1. The molecule has 1 aromatic rings. The molecule has 3 rings (SSSR count). The highest BCUT2D eigenvalue weighted by molar-refractivity contribution is 6.33. The molecule has 5 nitrogen and oxygen atoms in total. The molecule has 2 saturated heterocycles. The summed E-state index contributed by atoms with van der Waals surface area (Å²) in [6.07, 6.45) is 1.18. The molecular weight excluding hydrogens is 350 g/mol. The number of halogens is 1. The molecule has 2 aliphatic rings. The fourth-order valence-corrected chi connectivity index (χ4v) is 4.30. The lowest BCUT2D eigenvalue weighted by molar-refractivity contribution is 0.0779. The van der Waals surface area contributed by atoms with Crippen LogP contribution in [0, 0.1) is 18.8 Å². The second kappa shape index (κ2) is 8.70. The fourth-order valence-electron chi connectivity index (χ4n) is 4.11. The van der Waals surface area contributed by atoms with Crippen LogP contribution in [-0.4, -0.2) is 85.2 Å². The number of likely N-dealkylation sites (N-methyl/N-ethyl adjacent to an activating group) is 1. The Morgan fingerprint density at radius 3 is 2.73 bits per heavy atom. The number of hydrogen-bond acceptors (Lipinski definition) is 4. The number of hydrogen-bond donors (Lipinski definition) is 1. The maximum atomic E-state index is 13.0. The molecule has 0 spiro atoms. The van der Waals surface area contributed by atoms with Crippen LogP contribution in [0.25, 0.3) is 0 Å². The van der Waals surface area contributed by atoms with E-state index in [9.17, 15) is 9.90 Å². The van der Waals surface area contributed by atoms with E-state index in [4.69, 9.17) is 11.6 Å². The van der Waals surface area contributed by atoms with Crippen molar-refractivity contribution in [2.24, 2.45) is 11.8 Å². The summed E-state index contributed by atoms with van der Waals surface area (Å²) < 4.78 is 0. The summed E-state index contributed by atoms with van der Waals surface area (Å²) in [5.74, 6) is 0.440. The number of carbonyl (C=O) groups excluding carboxylic acids is 1. The van der Waals surface area contributed by atoms with Gasteiger partial charge in [-0.05, 0) is 51.5 Å². The van der Waals surface area contributed by atoms with Crippen LogP contribution in [0.3, 0.4) is 0 Å². The van der Waals surface area contributed by atoms with E-state index >= 15 is 0 Å². The van der Waals surface area contributed by atoms with Crippen molar-refractivity contribution in [1.82, 2.24) is 14.7 Å². The Morgan fingerprint density at radius 2 is 1.96 bits per heavy atom. The number of nitrogens with zero attached hydrogens (tertiary/aromatic N) is 3. The Labute approximate surface area is 161 Å². The number of amides is 1. The van der Waals surface area contributed by atoms with Crippen LogP contribution in [-0.2, 0) is 0 Å². The minimum Gasteiger partial charge on any atom is -0.396 e. The van der Waals surface area contributed by atoms with E-state index in [1.807, 2.05) is 24.0 Å². The summed E-state index contributed by atoms with van der Waals surface area (Å²) in [7, 11) is 2.17. The highest BCUT2D eigenvalue weighted by atomic mass is 35.5. The third-order valence-electron chi connectivity index (χ3n) is 5.76. The van der Waals surface area contributed by atoms with Crippen LogP contribution in [0.1, 0.15) is 22.3 Å². The van der Waals surface area contributed by atoms with Gasteiger partial charge in [-0.2, -0.15) is 0 Å². The van der Waals surface area contributed by atoms with Gasteiger partial charge in [0.05, 0.1) is 10.6 Å². The first-order chi connectivity index (χ1) is 12.5. The Balaban J connectivity index is 1.66. The van der Waals surface area contributed by atoms with Gasteiger partial charge in [-0.15, -0.1) is 0 Å². The summed E-state index contributed by atoms with van der Waals surface area (Å²) >= 11 is 6.25. The Morgan fingerprint density at radius 1 is 1.19 bits per heavy atom. The Bertz CT molecular complexity index is 639. The molecule has 0 radical (unpaired) electrons. The van der Waals surface area contributed by atoms with E-state index in [1.54, 1.807) is 6.07 Å². The number of carbonyl (C=O) groups is 1. The van der Waals surface area contributed by atoms with Crippen molar-refractivity contribution in [1.29, 1.82) is 0 Å². The third kappa shape index (κ3) is 4.58. The van der Waals surface area contributed by atoms with Crippen LogP contribution in [0.2, 0.25) is 5.02 Å². The molecule has 0 saturated carbocycles. The van der Waals surface area contributed by atoms with Crippen LogP contribution in [0.15, 0.2) is 18.2 Å². The average Bonchev–Trinajstić information content (AvgIpc) is 2.92. The summed E-state index contributed by atoms with van der Waals surface area (Å²) in [6, 6.07) is 5.56. The summed E-state index contributed by atoms with van der Waals surface area (Å²) in [5, 5.41) is 10.3. The van der Waals surface area contributed by atoms with Gasteiger partial charge in [-0.3, -0.25) is 4.79 Å². The molecule has 0 aliphatic carbocycles. The van der Waals surface area contributed by atoms with Crippen molar-refractivity contribution in [3.8, 4) is 0 Å². The van der Waals surface area contributed by atoms with E-state index < -0.39 is 0 Å². The van der Waals surface area contributed by atoms with Crippen molar-refractivity contribution in [2.75, 3.05) is 59.5 Å². The highest BCUT2D eigenvalue weighted by Gasteiger charge is 2.36. The van der Waals surface area contributed by atoms with Gasteiger partial charge in [0.2, 0.25) is 0 Å². The monoisotopic (exact) mass is 379 g/mol. The molecule has 0 bridgehead atoms. The van der Waals surface area contributed by atoms with Crippen molar-refractivity contribution >= 4 is 17.5 Å². The topological polar surface area (TPSA) is 47.0 Å². The molecule has 1 N–H and O–H groups in total. The smallest absolute Gasteiger partial charge is 0.255 e. The SMILES string of the molecule is Cc1ccc(Cl)c(C(=O)N2C[C@@H](CN3CCCN(C)CC3)[C@@H](CO)C2)c1. The molecular formula is C20H30ClN3O2. The van der Waals surface area contributed by atoms with Gasteiger partial charge >= 0.3 is 0 Å². The normalized spacial score (nSPS) is 25.5. The van der Waals surface area contributed by atoms with Crippen molar-refractivity contribution in [2.45, 2.75) is 13.3 Å². The molecule has 2 aliphatic heterocycles. The molecule has 0 unspecified atom stereocenters. The van der Waals surface area contributed by atoms with Crippen LogP contribution in [0.5, 0.6) is 0 Å². The predicted octanol–water partition coefficient (Wildman–Crippen LogP) is 1.97. The first-order valence-corrected chi connectivity index (χ1v) is 9.93. The van der Waals surface area contributed by atoms with Crippen LogP contribution < -0.4 is 0 Å². The standard InChI is InChI=1S/C20H30ClN3O2/c1-15-4-5-19(21)18(10-15)20(26)24-12-16(17(13-24)14-25)11-23-7-3-6-22(2)8-9-23/h4-5,10,16-17,25H,3,6-9,11-14H2,1-2H3/t16-,17-/m1/s1. The third-order valence-corrected chi connectivity index (χ3v) is 6.08. The molecule has 2 atom stereocenters. The average molecular weight is 380 g/mol. The lowest BCUT2D eigenvalue weighted by atomic mass is 9.96. The zero-order chi connectivity index (χ0) is 18.7. The quantitative estimate of drug-likeness (QED) is 0.868. The van der Waals surface area contributed by atoms with Crippen molar-refractivity contribution < 1.29 is 9.90 Å². The molecule has 26 heavy (non-hydrogen) atoms. The number of aliphatic hydroxyl groups excluding tert-OH is 1. The molecule has 1 amide bonds. The number of benzene rings is 1. The molecule has 2 fully saturated rings. The zero-order valence-corrected chi connectivity index (χ0v) is 16.6. The van der Waals surface area contributed by atoms with E-state index in [1.165, 1.54) is 6.42 Å². The minimum absolute atomic E-state index is 0.0183. The van der Waals surface area contributed by atoms with E-state index in [0.717, 1.165) is 38.3 Å². The van der Waals surface area contributed by atoms with E-state index in [2.05, 4.69) is 16.8 Å². The molecule has 144 valence electrons. The predicted molar refractivity (Wildman–Crippen MR) is 105 cm³/mol. The molecule has 6 heteroatoms. The largest absolute Gasteiger partial charge is 0.396 e. The Hall–Kier alpha value is -1.14. The van der Waals surface area contributed by atoms with Crippen molar-refractivity contribution in [3.05, 3.63) is 34.3 Å². The first-order valence-electron chi connectivity index (χ1n) is 9.55. The summed E-state index contributed by atoms with van der Waals surface area (Å²) in [4.78, 5) is 19.7. The molecule has 0 aromatic heterocycles. The van der Waals surface area contributed by atoms with Crippen LogP contribution in [0.4, 0.5) is 0 Å². The molecule has 1 aromatic carbocycles. The van der Waals surface area contributed by atoms with Gasteiger partial charge in [-0.25, -0.2) is 0 Å². The second-order valence-electron chi connectivity index (χ2n) is 7.85. The van der Waals surface area contributed by atoms with Gasteiger partial charge in [0.25, 0.3) is 5.91 Å². The summed E-state index contributed by atoms with van der Waals surface area (Å²) in [5.41, 5.74) is 1.60. The van der Waals surface area contributed by atoms with Gasteiger partial charge < -0.3 is 19.8 Å².